The van der Waals surface area contributed by atoms with Crippen LogP contribution in [-0.4, -0.2) is 5.11 Å². The van der Waals surface area contributed by atoms with Gasteiger partial charge in [-0.1, -0.05) is 6.07 Å². The summed E-state index contributed by atoms with van der Waals surface area (Å²) in [6, 6.07) is 4.32. The van der Waals surface area contributed by atoms with E-state index in [9.17, 15) is 4.39 Å². The number of aromatic hydroxyl groups is 1. The molecule has 64 valence electrons. The minimum atomic E-state index is -0.593. The molecule has 1 fully saturated rings. The topological polar surface area (TPSA) is 46.2 Å². The van der Waals surface area contributed by atoms with Crippen LogP contribution >= 0.6 is 0 Å². The number of hydrogen-bond donors (Lipinski definition) is 2. The summed E-state index contributed by atoms with van der Waals surface area (Å²) in [5.41, 5.74) is 6.29. The van der Waals surface area contributed by atoms with Gasteiger partial charge in [0.15, 0.2) is 11.6 Å². The van der Waals surface area contributed by atoms with Gasteiger partial charge in [0.25, 0.3) is 0 Å². The van der Waals surface area contributed by atoms with E-state index in [-0.39, 0.29) is 11.3 Å². The molecule has 0 amide bonds. The lowest BCUT2D eigenvalue weighted by Crippen LogP contribution is -2.18. The van der Waals surface area contributed by atoms with E-state index in [0.717, 1.165) is 18.4 Å². The SMILES string of the molecule is NC1(c2ccc(O)c(F)c2)CC1. The first-order chi connectivity index (χ1) is 5.62. The highest BCUT2D eigenvalue weighted by Gasteiger charge is 2.40. The van der Waals surface area contributed by atoms with Crippen molar-refractivity contribution in [3.05, 3.63) is 29.6 Å². The van der Waals surface area contributed by atoms with Gasteiger partial charge in [-0.15, -0.1) is 0 Å². The predicted octanol–water partition coefficient (Wildman–Crippen LogP) is 1.48. The monoisotopic (exact) mass is 167 g/mol. The molecule has 2 rings (SSSR count). The predicted molar refractivity (Wildman–Crippen MR) is 43.2 cm³/mol. The summed E-state index contributed by atoms with van der Waals surface area (Å²) in [5.74, 6) is -0.910. The lowest BCUT2D eigenvalue weighted by molar-refractivity contribution is 0.431. The molecule has 1 aliphatic carbocycles. The highest BCUT2D eigenvalue weighted by atomic mass is 19.1. The second kappa shape index (κ2) is 2.20. The first-order valence-electron chi connectivity index (χ1n) is 3.90. The molecule has 1 aromatic carbocycles. The van der Waals surface area contributed by atoms with E-state index in [1.807, 2.05) is 0 Å². The third-order valence-corrected chi connectivity index (χ3v) is 2.31. The molecule has 0 unspecified atom stereocenters. The molecule has 1 saturated carbocycles. The molecule has 0 heterocycles. The molecule has 3 N–H and O–H groups in total. The molecular formula is C9H10FNO. The number of benzene rings is 1. The second-order valence-electron chi connectivity index (χ2n) is 3.32. The van der Waals surface area contributed by atoms with Gasteiger partial charge >= 0.3 is 0 Å². The fourth-order valence-electron chi connectivity index (χ4n) is 1.24. The van der Waals surface area contributed by atoms with Crippen molar-refractivity contribution in [3.8, 4) is 5.75 Å². The van der Waals surface area contributed by atoms with Crippen molar-refractivity contribution in [2.75, 3.05) is 0 Å². The van der Waals surface area contributed by atoms with Gasteiger partial charge in [-0.2, -0.15) is 0 Å². The third kappa shape index (κ3) is 1.06. The van der Waals surface area contributed by atoms with Crippen molar-refractivity contribution in [1.29, 1.82) is 0 Å². The first kappa shape index (κ1) is 7.55. The Morgan fingerprint density at radius 1 is 1.42 bits per heavy atom. The molecule has 1 aromatic rings. The van der Waals surface area contributed by atoms with Gasteiger partial charge in [-0.25, -0.2) is 4.39 Å². The maximum Gasteiger partial charge on any atom is 0.165 e. The molecule has 0 spiro atoms. The summed E-state index contributed by atoms with van der Waals surface area (Å²) < 4.78 is 12.8. The molecule has 2 nitrogen and oxygen atoms in total. The quantitative estimate of drug-likeness (QED) is 0.665. The van der Waals surface area contributed by atoms with Crippen molar-refractivity contribution < 1.29 is 9.50 Å². The Labute approximate surface area is 69.8 Å². The lowest BCUT2D eigenvalue weighted by Gasteiger charge is -2.08. The summed E-state index contributed by atoms with van der Waals surface area (Å²) in [6.07, 6.45) is 1.80. The Morgan fingerprint density at radius 2 is 2.08 bits per heavy atom. The Hall–Kier alpha value is -1.09. The van der Waals surface area contributed by atoms with Gasteiger partial charge < -0.3 is 10.8 Å². The van der Waals surface area contributed by atoms with Crippen molar-refractivity contribution in [1.82, 2.24) is 0 Å². The van der Waals surface area contributed by atoms with Crippen LogP contribution in [0.25, 0.3) is 0 Å². The Balaban J connectivity index is 2.41. The number of hydrogen-bond acceptors (Lipinski definition) is 2. The van der Waals surface area contributed by atoms with Crippen LogP contribution in [0.15, 0.2) is 18.2 Å². The van der Waals surface area contributed by atoms with E-state index in [2.05, 4.69) is 0 Å². The molecule has 0 aliphatic heterocycles. The first-order valence-corrected chi connectivity index (χ1v) is 3.90. The van der Waals surface area contributed by atoms with Crippen LogP contribution in [0.4, 0.5) is 4.39 Å². The maximum atomic E-state index is 12.8. The van der Waals surface area contributed by atoms with Crippen molar-refractivity contribution in [2.24, 2.45) is 5.73 Å². The van der Waals surface area contributed by atoms with Crippen LogP contribution in [0.3, 0.4) is 0 Å². The van der Waals surface area contributed by atoms with E-state index in [1.54, 1.807) is 6.07 Å². The van der Waals surface area contributed by atoms with Gasteiger partial charge in [0.2, 0.25) is 0 Å². The van der Waals surface area contributed by atoms with Crippen LogP contribution in [0.5, 0.6) is 5.75 Å². The van der Waals surface area contributed by atoms with Crippen molar-refractivity contribution >= 4 is 0 Å². The van der Waals surface area contributed by atoms with Crippen molar-refractivity contribution in [3.63, 3.8) is 0 Å². The normalized spacial score (nSPS) is 19.2. The van der Waals surface area contributed by atoms with Gasteiger partial charge in [0, 0.05) is 5.54 Å². The highest BCUT2D eigenvalue weighted by molar-refractivity contribution is 5.35. The maximum absolute atomic E-state index is 12.8. The molecule has 0 atom stereocenters. The van der Waals surface area contributed by atoms with Gasteiger partial charge in [0.05, 0.1) is 0 Å². The summed E-state index contributed by atoms with van der Waals surface area (Å²) in [7, 11) is 0. The molecule has 0 radical (unpaired) electrons. The molecule has 3 heteroatoms. The number of nitrogens with two attached hydrogens (primary N) is 1. The minimum absolute atomic E-state index is 0.317. The fourth-order valence-corrected chi connectivity index (χ4v) is 1.24. The van der Waals surface area contributed by atoms with Gasteiger partial charge in [0.1, 0.15) is 0 Å². The molecule has 12 heavy (non-hydrogen) atoms. The molecule has 0 saturated heterocycles. The largest absolute Gasteiger partial charge is 0.505 e. The average Bonchev–Trinajstić information content (AvgIpc) is 2.75. The summed E-state index contributed by atoms with van der Waals surface area (Å²) in [5, 5.41) is 8.91. The Morgan fingerprint density at radius 3 is 2.58 bits per heavy atom. The molecule has 0 bridgehead atoms. The zero-order valence-electron chi connectivity index (χ0n) is 6.55. The minimum Gasteiger partial charge on any atom is -0.505 e. The van der Waals surface area contributed by atoms with E-state index >= 15 is 0 Å². The third-order valence-electron chi connectivity index (χ3n) is 2.31. The molecule has 0 aromatic heterocycles. The number of halogens is 1. The fraction of sp³-hybridized carbons (Fsp3) is 0.333. The van der Waals surface area contributed by atoms with Crippen molar-refractivity contribution in [2.45, 2.75) is 18.4 Å². The van der Waals surface area contributed by atoms with Gasteiger partial charge in [-0.05, 0) is 30.5 Å². The average molecular weight is 167 g/mol. The summed E-state index contributed by atoms with van der Waals surface area (Å²) >= 11 is 0. The molecule has 1 aliphatic rings. The van der Waals surface area contributed by atoms with Gasteiger partial charge in [-0.3, -0.25) is 0 Å². The van der Waals surface area contributed by atoms with Crippen LogP contribution in [0, 0.1) is 5.82 Å². The number of rotatable bonds is 1. The second-order valence-corrected chi connectivity index (χ2v) is 3.32. The van der Waals surface area contributed by atoms with Crippen LogP contribution in [0.2, 0.25) is 0 Å². The van der Waals surface area contributed by atoms with E-state index < -0.39 is 5.82 Å². The van der Waals surface area contributed by atoms with Crippen LogP contribution in [0.1, 0.15) is 18.4 Å². The summed E-state index contributed by atoms with van der Waals surface area (Å²) in [6.45, 7) is 0. The molecular weight excluding hydrogens is 157 g/mol. The lowest BCUT2D eigenvalue weighted by atomic mass is 10.1. The van der Waals surface area contributed by atoms with Crippen LogP contribution < -0.4 is 5.73 Å². The number of phenols is 1. The van der Waals surface area contributed by atoms with Crippen LogP contribution in [-0.2, 0) is 5.54 Å². The van der Waals surface area contributed by atoms with E-state index in [4.69, 9.17) is 10.8 Å². The smallest absolute Gasteiger partial charge is 0.165 e. The standard InChI is InChI=1S/C9H10FNO/c10-7-5-6(1-2-8(7)12)9(11)3-4-9/h1-2,5,12H,3-4,11H2. The Kier molecular flexibility index (Phi) is 1.38. The van der Waals surface area contributed by atoms with E-state index in [0.29, 0.717) is 0 Å². The zero-order chi connectivity index (χ0) is 8.77. The highest BCUT2D eigenvalue weighted by Crippen LogP contribution is 2.43. The number of phenolic OH excluding ortho intramolecular Hbond substituents is 1. The zero-order valence-corrected chi connectivity index (χ0v) is 6.55. The van der Waals surface area contributed by atoms with E-state index in [1.165, 1.54) is 12.1 Å². The Bertz CT molecular complexity index is 320. The summed E-state index contributed by atoms with van der Waals surface area (Å²) in [4.78, 5) is 0.